The lowest BCUT2D eigenvalue weighted by molar-refractivity contribution is 1.14. The normalized spacial score (nSPS) is 12.3. The van der Waals surface area contributed by atoms with E-state index in [0.717, 1.165) is 33.4 Å². The van der Waals surface area contributed by atoms with Gasteiger partial charge in [0.15, 0.2) is 0 Å². The number of benzene rings is 7. The Bertz CT molecular complexity index is 3010. The summed E-state index contributed by atoms with van der Waals surface area (Å²) in [6.07, 6.45) is 0. The van der Waals surface area contributed by atoms with Crippen molar-refractivity contribution in [3.05, 3.63) is 158 Å². The number of hydrogen-bond donors (Lipinski definition) is 0. The largest absolute Gasteiger partial charge is 0.309 e. The van der Waals surface area contributed by atoms with E-state index in [1.165, 1.54) is 59.9 Å². The number of aromatic nitrogens is 4. The Labute approximate surface area is 268 Å². The van der Waals surface area contributed by atoms with Gasteiger partial charge >= 0.3 is 0 Å². The van der Waals surface area contributed by atoms with Crippen LogP contribution in [-0.4, -0.2) is 18.5 Å². The highest BCUT2D eigenvalue weighted by Gasteiger charge is 2.19. The van der Waals surface area contributed by atoms with E-state index in [9.17, 15) is 0 Å². The Hall–Kier alpha value is -6.39. The first kappa shape index (κ1) is 24.9. The minimum atomic E-state index is 0.986. The third kappa shape index (κ3) is 3.28. The Balaban J connectivity index is 1.21. The molecule has 0 saturated carbocycles. The quantitative estimate of drug-likeness (QED) is 0.182. The van der Waals surface area contributed by atoms with Crippen molar-refractivity contribution in [1.29, 1.82) is 0 Å². The van der Waals surface area contributed by atoms with Gasteiger partial charge in [0.2, 0.25) is 0 Å². The van der Waals surface area contributed by atoms with E-state index in [4.69, 9.17) is 4.98 Å². The summed E-state index contributed by atoms with van der Waals surface area (Å²) in [7, 11) is 0. The summed E-state index contributed by atoms with van der Waals surface area (Å²) in [5.74, 6) is 0. The summed E-state index contributed by atoms with van der Waals surface area (Å²) in [5.41, 5.74) is 11.4. The van der Waals surface area contributed by atoms with E-state index < -0.39 is 0 Å². The van der Waals surface area contributed by atoms with Crippen LogP contribution in [0.1, 0.15) is 0 Å². The van der Waals surface area contributed by atoms with Gasteiger partial charge in [-0.15, -0.1) is 0 Å². The van der Waals surface area contributed by atoms with Crippen molar-refractivity contribution in [2.45, 2.75) is 0 Å². The lowest BCUT2D eigenvalue weighted by Crippen LogP contribution is -1.97. The predicted octanol–water partition coefficient (Wildman–Crippen LogP) is 11.0. The second-order valence-electron chi connectivity index (χ2n) is 12.4. The zero-order valence-electron chi connectivity index (χ0n) is 25.3. The van der Waals surface area contributed by atoms with Crippen molar-refractivity contribution in [1.82, 2.24) is 18.5 Å². The van der Waals surface area contributed by atoms with Crippen LogP contribution in [0, 0.1) is 0 Å². The van der Waals surface area contributed by atoms with Gasteiger partial charge < -0.3 is 9.13 Å². The highest BCUT2D eigenvalue weighted by Crippen LogP contribution is 2.40. The van der Waals surface area contributed by atoms with E-state index in [-0.39, 0.29) is 0 Å². The molecule has 0 aliphatic heterocycles. The van der Waals surface area contributed by atoms with Gasteiger partial charge in [-0.25, -0.2) is 4.98 Å². The van der Waals surface area contributed by atoms with E-state index in [2.05, 4.69) is 171 Å². The number of hydrogen-bond acceptors (Lipinski definition) is 1. The molecule has 0 radical (unpaired) electrons. The van der Waals surface area contributed by atoms with Gasteiger partial charge in [-0.2, -0.15) is 0 Å². The second kappa shape index (κ2) is 9.09. The zero-order chi connectivity index (χ0) is 30.6. The third-order valence-corrected chi connectivity index (χ3v) is 9.99. The number of rotatable bonds is 2. The van der Waals surface area contributed by atoms with Crippen LogP contribution in [0.4, 0.5) is 0 Å². The van der Waals surface area contributed by atoms with Crippen molar-refractivity contribution in [2.75, 3.05) is 0 Å². The van der Waals surface area contributed by atoms with E-state index in [1.54, 1.807) is 0 Å². The zero-order valence-corrected chi connectivity index (χ0v) is 25.3. The molecule has 218 valence electrons. The Kier molecular flexibility index (Phi) is 4.81. The number of imidazole rings is 1. The van der Waals surface area contributed by atoms with Crippen LogP contribution in [0.25, 0.3) is 93.3 Å². The number of para-hydroxylation sites is 6. The lowest BCUT2D eigenvalue weighted by Gasteiger charge is -2.13. The average molecular weight is 599 g/mol. The van der Waals surface area contributed by atoms with Crippen molar-refractivity contribution >= 4 is 82.0 Å². The molecule has 0 N–H and O–H groups in total. The molecule has 11 rings (SSSR count). The molecule has 0 bridgehead atoms. The van der Waals surface area contributed by atoms with Gasteiger partial charge in [0.05, 0.1) is 38.6 Å². The molecule has 0 aliphatic rings. The Morgan fingerprint density at radius 3 is 1.36 bits per heavy atom. The molecule has 0 atom stereocenters. The molecule has 4 nitrogen and oxygen atoms in total. The van der Waals surface area contributed by atoms with Gasteiger partial charge in [0.1, 0.15) is 5.65 Å². The van der Waals surface area contributed by atoms with Crippen molar-refractivity contribution in [3.8, 4) is 11.4 Å². The maximum Gasteiger partial charge on any atom is 0.146 e. The number of fused-ring (bicyclic) bond motifs is 14. The van der Waals surface area contributed by atoms with E-state index in [1.807, 2.05) is 0 Å². The van der Waals surface area contributed by atoms with Gasteiger partial charge in [0, 0.05) is 43.7 Å². The molecule has 0 unspecified atom stereocenters. The molecule has 0 spiro atoms. The first-order valence-corrected chi connectivity index (χ1v) is 16.1. The molecular weight excluding hydrogens is 573 g/mol. The first-order chi connectivity index (χ1) is 23.3. The highest BCUT2D eigenvalue weighted by molar-refractivity contribution is 6.21. The molecule has 7 aromatic carbocycles. The molecular formula is C43H26N4. The van der Waals surface area contributed by atoms with Gasteiger partial charge in [-0.3, -0.25) is 4.40 Å². The maximum atomic E-state index is 5.20. The maximum absolute atomic E-state index is 5.20. The highest BCUT2D eigenvalue weighted by atomic mass is 15.0. The Morgan fingerprint density at radius 2 is 0.766 bits per heavy atom. The van der Waals surface area contributed by atoms with E-state index >= 15 is 0 Å². The fraction of sp³-hybridized carbons (Fsp3) is 0. The van der Waals surface area contributed by atoms with Crippen LogP contribution >= 0.6 is 0 Å². The van der Waals surface area contributed by atoms with Gasteiger partial charge in [-0.05, 0) is 78.2 Å². The Morgan fingerprint density at radius 1 is 0.319 bits per heavy atom. The summed E-state index contributed by atoms with van der Waals surface area (Å²) in [6.45, 7) is 0. The third-order valence-electron chi connectivity index (χ3n) is 9.99. The van der Waals surface area contributed by atoms with Crippen LogP contribution < -0.4 is 0 Å². The number of pyridine rings is 1. The summed E-state index contributed by atoms with van der Waals surface area (Å²) in [5, 5.41) is 8.63. The van der Waals surface area contributed by atoms with Crippen molar-refractivity contribution in [3.63, 3.8) is 0 Å². The van der Waals surface area contributed by atoms with Crippen LogP contribution in [0.3, 0.4) is 0 Å². The molecule has 0 saturated heterocycles. The van der Waals surface area contributed by atoms with E-state index in [0.29, 0.717) is 0 Å². The lowest BCUT2D eigenvalue weighted by atomic mass is 10.0. The molecule has 0 aliphatic carbocycles. The van der Waals surface area contributed by atoms with Crippen LogP contribution in [-0.2, 0) is 0 Å². The molecule has 47 heavy (non-hydrogen) atoms. The standard InChI is InChI=1S/C43H26N4/c1-6-16-37-29(11-1)30-12-2-7-17-38(30)45(37)27-21-23-28(24-22-27)46-39-18-8-4-14-32(39)34-25-33-31-13-3-9-19-40(31)47-41-20-10-5-15-36(41)44-43(47)35(33)26-42(34)46/h1-26H. The summed E-state index contributed by atoms with van der Waals surface area (Å²) in [6, 6.07) is 57.0. The molecule has 0 amide bonds. The van der Waals surface area contributed by atoms with Gasteiger partial charge in [0.25, 0.3) is 0 Å². The SMILES string of the molecule is c1ccc2c(c1)nc1c3cc4c(cc3c3ccccc3n21)c1ccccc1n4-c1ccc(-n2c3ccccc3c3ccccc32)cc1. The number of nitrogens with zero attached hydrogens (tertiary/aromatic N) is 4. The van der Waals surface area contributed by atoms with Crippen LogP contribution in [0.15, 0.2) is 158 Å². The predicted molar refractivity (Wildman–Crippen MR) is 196 cm³/mol. The first-order valence-electron chi connectivity index (χ1n) is 16.1. The van der Waals surface area contributed by atoms with Crippen LogP contribution in [0.2, 0.25) is 0 Å². The average Bonchev–Trinajstić information content (AvgIpc) is 3.79. The topological polar surface area (TPSA) is 27.2 Å². The van der Waals surface area contributed by atoms with Crippen molar-refractivity contribution < 1.29 is 0 Å². The summed E-state index contributed by atoms with van der Waals surface area (Å²) >= 11 is 0. The minimum absolute atomic E-state index is 0.986. The molecule has 4 heterocycles. The monoisotopic (exact) mass is 598 g/mol. The fourth-order valence-electron chi connectivity index (χ4n) is 8.00. The smallest absolute Gasteiger partial charge is 0.146 e. The molecule has 4 aromatic heterocycles. The molecule has 4 heteroatoms. The van der Waals surface area contributed by atoms with Crippen molar-refractivity contribution in [2.24, 2.45) is 0 Å². The van der Waals surface area contributed by atoms with Crippen LogP contribution in [0.5, 0.6) is 0 Å². The fourth-order valence-corrected chi connectivity index (χ4v) is 8.00. The van der Waals surface area contributed by atoms with Gasteiger partial charge in [-0.1, -0.05) is 84.9 Å². The second-order valence-corrected chi connectivity index (χ2v) is 12.4. The minimum Gasteiger partial charge on any atom is -0.309 e. The summed E-state index contributed by atoms with van der Waals surface area (Å²) in [4.78, 5) is 5.20. The molecule has 0 fully saturated rings. The summed E-state index contributed by atoms with van der Waals surface area (Å²) < 4.78 is 7.11. The molecule has 11 aromatic rings.